The van der Waals surface area contributed by atoms with Gasteiger partial charge in [-0.1, -0.05) is 5.16 Å². The Labute approximate surface area is 140 Å². The maximum atomic E-state index is 12.7. The zero-order valence-electron chi connectivity index (χ0n) is 14.0. The van der Waals surface area contributed by atoms with Crippen LogP contribution in [0.15, 0.2) is 22.9 Å². The molecule has 0 aliphatic carbocycles. The lowest BCUT2D eigenvalue weighted by atomic mass is 10.2. The monoisotopic (exact) mass is 328 g/mol. The lowest BCUT2D eigenvalue weighted by Crippen LogP contribution is -2.44. The minimum absolute atomic E-state index is 0.00664. The van der Waals surface area contributed by atoms with Gasteiger partial charge in [0.25, 0.3) is 5.91 Å². The summed E-state index contributed by atoms with van der Waals surface area (Å²) in [7, 11) is 1.84. The van der Waals surface area contributed by atoms with Gasteiger partial charge in [-0.05, 0) is 26.0 Å². The highest BCUT2D eigenvalue weighted by atomic mass is 16.5. The Bertz CT molecular complexity index is 768. The fourth-order valence-corrected chi connectivity index (χ4v) is 3.53. The first-order valence-electron chi connectivity index (χ1n) is 8.07. The average molecular weight is 328 g/mol. The Morgan fingerprint density at radius 2 is 2.17 bits per heavy atom. The number of aromatic nitrogens is 2. The van der Waals surface area contributed by atoms with E-state index in [0.29, 0.717) is 11.4 Å². The van der Waals surface area contributed by atoms with Crippen LogP contribution in [0.5, 0.6) is 5.88 Å². The number of rotatable bonds is 2. The molecule has 2 atom stereocenters. The molecule has 2 aliphatic rings. The van der Waals surface area contributed by atoms with E-state index < -0.39 is 0 Å². The van der Waals surface area contributed by atoms with Gasteiger partial charge in [-0.2, -0.15) is 0 Å². The molecule has 0 spiro atoms. The molecule has 1 saturated heterocycles. The van der Waals surface area contributed by atoms with Crippen molar-refractivity contribution in [1.29, 1.82) is 0 Å². The van der Waals surface area contributed by atoms with Crippen LogP contribution < -0.4 is 4.74 Å². The van der Waals surface area contributed by atoms with Crippen molar-refractivity contribution in [3.63, 3.8) is 0 Å². The molecule has 4 rings (SSSR count). The fourth-order valence-electron chi connectivity index (χ4n) is 3.53. The van der Waals surface area contributed by atoms with Crippen molar-refractivity contribution < 1.29 is 14.1 Å². The van der Waals surface area contributed by atoms with E-state index in [1.807, 2.05) is 20.9 Å². The predicted octanol–water partition coefficient (Wildman–Crippen LogP) is 1.40. The van der Waals surface area contributed by atoms with E-state index in [4.69, 9.17) is 9.26 Å². The Balaban J connectivity index is 1.58. The molecule has 2 aromatic rings. The smallest absolute Gasteiger partial charge is 0.259 e. The molecular weight excluding hydrogens is 308 g/mol. The minimum atomic E-state index is -0.0874. The number of ether oxygens (including phenoxy) is 1. The minimum Gasteiger partial charge on any atom is -0.470 e. The third-order valence-electron chi connectivity index (χ3n) is 4.96. The lowest BCUT2D eigenvalue weighted by molar-refractivity contribution is 0.0680. The van der Waals surface area contributed by atoms with Crippen molar-refractivity contribution in [1.82, 2.24) is 19.9 Å². The summed E-state index contributed by atoms with van der Waals surface area (Å²) in [5.74, 6) is 1.24. The number of pyridine rings is 1. The van der Waals surface area contributed by atoms with Crippen LogP contribution in [0, 0.1) is 13.8 Å². The summed E-state index contributed by atoms with van der Waals surface area (Å²) in [5.41, 5.74) is 2.56. The first kappa shape index (κ1) is 15.1. The normalized spacial score (nSPS) is 23.6. The number of likely N-dealkylation sites (N-methyl/N-ethyl adjacent to an activating group) is 1. The average Bonchev–Trinajstić information content (AvgIpc) is 3.09. The second-order valence-corrected chi connectivity index (χ2v) is 6.49. The summed E-state index contributed by atoms with van der Waals surface area (Å²) in [6.07, 6.45) is 1.57. The Kier molecular flexibility index (Phi) is 3.53. The van der Waals surface area contributed by atoms with Crippen molar-refractivity contribution in [2.24, 2.45) is 0 Å². The second kappa shape index (κ2) is 5.59. The lowest BCUT2D eigenvalue weighted by Gasteiger charge is -2.25. The van der Waals surface area contributed by atoms with Crippen molar-refractivity contribution in [2.45, 2.75) is 32.5 Å². The molecule has 7 heteroatoms. The van der Waals surface area contributed by atoms with E-state index in [0.717, 1.165) is 36.7 Å². The highest BCUT2D eigenvalue weighted by molar-refractivity contribution is 5.96. The Morgan fingerprint density at radius 1 is 1.33 bits per heavy atom. The zero-order valence-corrected chi connectivity index (χ0v) is 14.0. The third-order valence-corrected chi connectivity index (χ3v) is 4.96. The quantitative estimate of drug-likeness (QED) is 0.830. The van der Waals surface area contributed by atoms with Crippen LogP contribution >= 0.6 is 0 Å². The summed E-state index contributed by atoms with van der Waals surface area (Å²) in [5, 5.41) is 4.01. The zero-order chi connectivity index (χ0) is 16.8. The molecule has 2 aromatic heterocycles. The maximum absolute atomic E-state index is 12.7. The number of hydrogen-bond donors (Lipinski definition) is 0. The number of amides is 1. The number of likely N-dealkylation sites (tertiary alicyclic amines) is 1. The summed E-state index contributed by atoms with van der Waals surface area (Å²) >= 11 is 0. The molecule has 24 heavy (non-hydrogen) atoms. The van der Waals surface area contributed by atoms with Gasteiger partial charge in [0.05, 0.1) is 11.7 Å². The van der Waals surface area contributed by atoms with Gasteiger partial charge in [-0.25, -0.2) is 4.98 Å². The number of hydrogen-bond acceptors (Lipinski definition) is 6. The highest BCUT2D eigenvalue weighted by Crippen LogP contribution is 2.30. The molecule has 4 heterocycles. The van der Waals surface area contributed by atoms with Gasteiger partial charge in [0.15, 0.2) is 0 Å². The topological polar surface area (TPSA) is 71.7 Å². The van der Waals surface area contributed by atoms with Gasteiger partial charge in [-0.15, -0.1) is 0 Å². The van der Waals surface area contributed by atoms with Crippen molar-refractivity contribution in [3.8, 4) is 5.88 Å². The van der Waals surface area contributed by atoms with Gasteiger partial charge in [0.2, 0.25) is 5.88 Å². The van der Waals surface area contributed by atoms with Crippen LogP contribution in [0.4, 0.5) is 0 Å². The molecule has 126 valence electrons. The Morgan fingerprint density at radius 3 is 2.92 bits per heavy atom. The van der Waals surface area contributed by atoms with Gasteiger partial charge in [0.1, 0.15) is 17.4 Å². The number of carbonyl (C=O) groups excluding carboxylic acids is 1. The Hall–Kier alpha value is -2.41. The third kappa shape index (κ3) is 2.36. The first-order chi connectivity index (χ1) is 11.5. The van der Waals surface area contributed by atoms with Gasteiger partial charge in [0, 0.05) is 38.4 Å². The fraction of sp³-hybridized carbons (Fsp3) is 0.471. The predicted molar refractivity (Wildman–Crippen MR) is 85.8 cm³/mol. The molecule has 0 N–H and O–H groups in total. The summed E-state index contributed by atoms with van der Waals surface area (Å²) in [4.78, 5) is 21.0. The highest BCUT2D eigenvalue weighted by Gasteiger charge is 2.42. The van der Waals surface area contributed by atoms with Crippen LogP contribution in [0.1, 0.15) is 27.4 Å². The molecule has 0 bridgehead atoms. The largest absolute Gasteiger partial charge is 0.470 e. The number of aryl methyl sites for hydroxylation is 2. The molecule has 0 saturated carbocycles. The summed E-state index contributed by atoms with van der Waals surface area (Å²) < 4.78 is 11.3. The molecule has 7 nitrogen and oxygen atoms in total. The van der Waals surface area contributed by atoms with E-state index in [1.54, 1.807) is 23.2 Å². The molecule has 2 aliphatic heterocycles. The van der Waals surface area contributed by atoms with Crippen molar-refractivity contribution >= 4 is 5.91 Å². The van der Waals surface area contributed by atoms with Gasteiger partial charge in [-0.3, -0.25) is 9.69 Å². The molecule has 0 aromatic carbocycles. The van der Waals surface area contributed by atoms with Crippen LogP contribution in [0.3, 0.4) is 0 Å². The van der Waals surface area contributed by atoms with E-state index in [1.165, 1.54) is 0 Å². The van der Waals surface area contributed by atoms with Crippen molar-refractivity contribution in [2.75, 3.05) is 20.1 Å². The van der Waals surface area contributed by atoms with Crippen molar-refractivity contribution in [3.05, 3.63) is 40.9 Å². The standard InChI is InChI=1S/C17H20N4O3/c1-10-13(11(2)24-19-10)7-21-8-14-15(9-21)23-16-12(5-4-6-18-16)17(22)20(14)3/h4-6,14-15H,7-9H2,1-3H3/t14-,15+/m1/s1. The summed E-state index contributed by atoms with van der Waals surface area (Å²) in [6.45, 7) is 6.12. The molecule has 0 unspecified atom stereocenters. The second-order valence-electron chi connectivity index (χ2n) is 6.49. The number of nitrogens with zero attached hydrogens (tertiary/aromatic N) is 4. The molecular formula is C17H20N4O3. The van der Waals surface area contributed by atoms with E-state index in [9.17, 15) is 4.79 Å². The maximum Gasteiger partial charge on any atom is 0.259 e. The number of fused-ring (bicyclic) bond motifs is 2. The first-order valence-corrected chi connectivity index (χ1v) is 8.07. The molecule has 0 radical (unpaired) electrons. The van der Waals surface area contributed by atoms with Crippen LogP contribution in [0.25, 0.3) is 0 Å². The van der Waals surface area contributed by atoms with Crippen LogP contribution in [0.2, 0.25) is 0 Å². The SMILES string of the molecule is Cc1noc(C)c1CN1C[C@@H]2Oc3ncccc3C(=O)N(C)[C@@H]2C1. The van der Waals surface area contributed by atoms with E-state index >= 15 is 0 Å². The van der Waals surface area contributed by atoms with Crippen LogP contribution in [-0.2, 0) is 6.54 Å². The van der Waals surface area contributed by atoms with Gasteiger partial charge >= 0.3 is 0 Å². The molecule has 1 fully saturated rings. The van der Waals surface area contributed by atoms with Gasteiger partial charge < -0.3 is 14.2 Å². The van der Waals surface area contributed by atoms with E-state index in [-0.39, 0.29) is 18.1 Å². The van der Waals surface area contributed by atoms with Crippen LogP contribution in [-0.4, -0.2) is 58.1 Å². The molecule has 1 amide bonds. The van der Waals surface area contributed by atoms with E-state index in [2.05, 4.69) is 15.0 Å². The summed E-state index contributed by atoms with van der Waals surface area (Å²) in [6, 6.07) is 3.54. The number of carbonyl (C=O) groups is 1.